The van der Waals surface area contributed by atoms with Crippen molar-refractivity contribution in [1.82, 2.24) is 4.98 Å². The summed E-state index contributed by atoms with van der Waals surface area (Å²) in [6.45, 7) is 6.86. The molecule has 19 heavy (non-hydrogen) atoms. The van der Waals surface area contributed by atoms with E-state index in [0.29, 0.717) is 24.7 Å². The minimum absolute atomic E-state index is 0.393. The van der Waals surface area contributed by atoms with Crippen LogP contribution in [-0.2, 0) is 11.3 Å². The monoisotopic (exact) mass is 261 g/mol. The fourth-order valence-electron chi connectivity index (χ4n) is 2.97. The highest BCUT2D eigenvalue weighted by molar-refractivity contribution is 5.44. The van der Waals surface area contributed by atoms with Gasteiger partial charge in [0.15, 0.2) is 0 Å². The van der Waals surface area contributed by atoms with Crippen molar-refractivity contribution < 1.29 is 4.74 Å². The first kappa shape index (κ1) is 12.9. The lowest BCUT2D eigenvalue weighted by Crippen LogP contribution is -2.43. The van der Waals surface area contributed by atoms with Crippen LogP contribution in [0.15, 0.2) is 12.1 Å². The molecule has 2 saturated heterocycles. The number of anilines is 1. The zero-order valence-corrected chi connectivity index (χ0v) is 11.8. The van der Waals surface area contributed by atoms with Crippen molar-refractivity contribution >= 4 is 5.82 Å². The summed E-state index contributed by atoms with van der Waals surface area (Å²) in [5.74, 6) is 1.51. The quantitative estimate of drug-likeness (QED) is 0.904. The first-order chi connectivity index (χ1) is 9.15. The van der Waals surface area contributed by atoms with E-state index in [-0.39, 0.29) is 0 Å². The molecular formula is C15H23N3O. The maximum atomic E-state index is 5.89. The van der Waals surface area contributed by atoms with Crippen LogP contribution in [0, 0.1) is 0 Å². The number of rotatable bonds is 3. The van der Waals surface area contributed by atoms with E-state index in [2.05, 4.69) is 30.9 Å². The molecule has 2 aliphatic heterocycles. The van der Waals surface area contributed by atoms with E-state index >= 15 is 0 Å². The molecule has 2 fully saturated rings. The van der Waals surface area contributed by atoms with E-state index in [1.54, 1.807) is 0 Å². The molecule has 1 aromatic heterocycles. The second-order valence-electron chi connectivity index (χ2n) is 5.98. The zero-order valence-electron chi connectivity index (χ0n) is 11.8. The largest absolute Gasteiger partial charge is 0.371 e. The Morgan fingerprint density at radius 1 is 1.32 bits per heavy atom. The van der Waals surface area contributed by atoms with E-state index in [0.717, 1.165) is 24.6 Å². The average molecular weight is 261 g/mol. The third-order valence-electron chi connectivity index (χ3n) is 4.09. The van der Waals surface area contributed by atoms with Gasteiger partial charge < -0.3 is 15.4 Å². The third-order valence-corrected chi connectivity index (χ3v) is 4.09. The maximum absolute atomic E-state index is 5.89. The first-order valence-corrected chi connectivity index (χ1v) is 7.27. The predicted octanol–water partition coefficient (Wildman–Crippen LogP) is 2.03. The lowest BCUT2D eigenvalue weighted by Gasteiger charge is -2.33. The van der Waals surface area contributed by atoms with E-state index < -0.39 is 0 Å². The van der Waals surface area contributed by atoms with Crippen LogP contribution in [0.3, 0.4) is 0 Å². The van der Waals surface area contributed by atoms with Gasteiger partial charge in [0.05, 0.1) is 12.2 Å². The van der Waals surface area contributed by atoms with E-state index in [1.807, 2.05) is 0 Å². The van der Waals surface area contributed by atoms with Crippen molar-refractivity contribution in [3.63, 3.8) is 0 Å². The lowest BCUT2D eigenvalue weighted by atomic mass is 10.1. The number of pyridine rings is 1. The summed E-state index contributed by atoms with van der Waals surface area (Å²) in [6, 6.07) is 4.26. The summed E-state index contributed by atoms with van der Waals surface area (Å²) in [5, 5.41) is 0. The molecule has 2 unspecified atom stereocenters. The Morgan fingerprint density at radius 2 is 2.00 bits per heavy atom. The van der Waals surface area contributed by atoms with Gasteiger partial charge in [0.25, 0.3) is 0 Å². The molecule has 0 spiro atoms. The van der Waals surface area contributed by atoms with Crippen molar-refractivity contribution in [3.05, 3.63) is 23.4 Å². The molecule has 0 aromatic carbocycles. The fourth-order valence-corrected chi connectivity index (χ4v) is 2.97. The summed E-state index contributed by atoms with van der Waals surface area (Å²) >= 11 is 0. The van der Waals surface area contributed by atoms with Gasteiger partial charge in [0.1, 0.15) is 5.82 Å². The average Bonchev–Trinajstić information content (AvgIpc) is 2.76. The number of hydrogen-bond acceptors (Lipinski definition) is 4. The summed E-state index contributed by atoms with van der Waals surface area (Å²) in [6.07, 6.45) is 3.16. The van der Waals surface area contributed by atoms with Gasteiger partial charge in [-0.15, -0.1) is 0 Å². The summed E-state index contributed by atoms with van der Waals surface area (Å²) in [7, 11) is 0. The summed E-state index contributed by atoms with van der Waals surface area (Å²) in [5.41, 5.74) is 8.12. The van der Waals surface area contributed by atoms with Gasteiger partial charge in [-0.1, -0.05) is 13.8 Å². The zero-order chi connectivity index (χ0) is 13.4. The van der Waals surface area contributed by atoms with Crippen molar-refractivity contribution in [2.45, 2.75) is 51.4 Å². The minimum Gasteiger partial charge on any atom is -0.371 e. The first-order valence-electron chi connectivity index (χ1n) is 7.27. The van der Waals surface area contributed by atoms with Crippen molar-refractivity contribution in [1.29, 1.82) is 0 Å². The second-order valence-corrected chi connectivity index (χ2v) is 5.98. The Labute approximate surface area is 115 Å². The summed E-state index contributed by atoms with van der Waals surface area (Å²) < 4.78 is 5.89. The molecule has 0 saturated carbocycles. The van der Waals surface area contributed by atoms with Gasteiger partial charge in [0.2, 0.25) is 0 Å². The van der Waals surface area contributed by atoms with Crippen molar-refractivity contribution in [2.75, 3.05) is 18.0 Å². The van der Waals surface area contributed by atoms with Gasteiger partial charge in [-0.05, 0) is 36.5 Å². The highest BCUT2D eigenvalue weighted by atomic mass is 16.5. The highest BCUT2D eigenvalue weighted by Crippen LogP contribution is 2.30. The van der Waals surface area contributed by atoms with Gasteiger partial charge in [0, 0.05) is 25.3 Å². The molecule has 104 valence electrons. The predicted molar refractivity (Wildman–Crippen MR) is 76.3 cm³/mol. The molecule has 4 nitrogen and oxygen atoms in total. The molecular weight excluding hydrogens is 238 g/mol. The van der Waals surface area contributed by atoms with E-state index in [9.17, 15) is 0 Å². The number of morpholine rings is 1. The van der Waals surface area contributed by atoms with Crippen molar-refractivity contribution in [2.24, 2.45) is 5.73 Å². The lowest BCUT2D eigenvalue weighted by molar-refractivity contribution is 0.0302. The Bertz CT molecular complexity index is 449. The molecule has 1 aromatic rings. The number of aromatic nitrogens is 1. The normalized spacial score (nSPS) is 26.2. The molecule has 3 heterocycles. The smallest absolute Gasteiger partial charge is 0.129 e. The van der Waals surface area contributed by atoms with E-state index in [4.69, 9.17) is 15.5 Å². The Kier molecular flexibility index (Phi) is 3.46. The SMILES string of the molecule is CC(C)c1cc(CN)cc(N2CC3CCC(C2)O3)n1. The molecule has 0 aliphatic carbocycles. The maximum Gasteiger partial charge on any atom is 0.129 e. The molecule has 3 rings (SSSR count). The van der Waals surface area contributed by atoms with Crippen LogP contribution in [0.2, 0.25) is 0 Å². The number of fused-ring (bicyclic) bond motifs is 2. The van der Waals surface area contributed by atoms with Gasteiger partial charge in [-0.3, -0.25) is 0 Å². The standard InChI is InChI=1S/C15H23N3O/c1-10(2)14-5-11(7-16)6-15(17-14)18-8-12-3-4-13(9-18)19-12/h5-6,10,12-13H,3-4,7-9,16H2,1-2H3. The molecule has 2 N–H and O–H groups in total. The Hall–Kier alpha value is -1.13. The van der Waals surface area contributed by atoms with Crippen LogP contribution < -0.4 is 10.6 Å². The number of ether oxygens (including phenoxy) is 1. The van der Waals surface area contributed by atoms with Crippen LogP contribution >= 0.6 is 0 Å². The van der Waals surface area contributed by atoms with Gasteiger partial charge in [-0.25, -0.2) is 4.98 Å². The number of nitrogens with two attached hydrogens (primary N) is 1. The summed E-state index contributed by atoms with van der Waals surface area (Å²) in [4.78, 5) is 7.19. The number of nitrogens with zero attached hydrogens (tertiary/aromatic N) is 2. The topological polar surface area (TPSA) is 51.4 Å². The number of hydrogen-bond donors (Lipinski definition) is 1. The minimum atomic E-state index is 0.393. The van der Waals surface area contributed by atoms with Crippen LogP contribution in [0.1, 0.15) is 43.9 Å². The fraction of sp³-hybridized carbons (Fsp3) is 0.667. The third kappa shape index (κ3) is 2.60. The highest BCUT2D eigenvalue weighted by Gasteiger charge is 2.34. The molecule has 2 aliphatic rings. The van der Waals surface area contributed by atoms with Gasteiger partial charge >= 0.3 is 0 Å². The molecule has 4 heteroatoms. The van der Waals surface area contributed by atoms with Crippen molar-refractivity contribution in [3.8, 4) is 0 Å². The van der Waals surface area contributed by atoms with E-state index in [1.165, 1.54) is 18.4 Å². The molecule has 0 amide bonds. The molecule has 2 bridgehead atoms. The van der Waals surface area contributed by atoms with Crippen LogP contribution in [0.5, 0.6) is 0 Å². The van der Waals surface area contributed by atoms with Gasteiger partial charge in [-0.2, -0.15) is 0 Å². The Morgan fingerprint density at radius 3 is 2.58 bits per heavy atom. The van der Waals surface area contributed by atoms with Crippen LogP contribution in [0.25, 0.3) is 0 Å². The van der Waals surface area contributed by atoms with Crippen LogP contribution in [0.4, 0.5) is 5.82 Å². The second kappa shape index (κ2) is 5.10. The molecule has 0 radical (unpaired) electrons. The Balaban J connectivity index is 1.89. The molecule has 2 atom stereocenters. The van der Waals surface area contributed by atoms with Crippen LogP contribution in [-0.4, -0.2) is 30.3 Å².